The molecule has 2 atom stereocenters. The van der Waals surface area contributed by atoms with Gasteiger partial charge in [-0.05, 0) is 17.2 Å². The predicted molar refractivity (Wildman–Crippen MR) is 78.4 cm³/mol. The Labute approximate surface area is 130 Å². The number of aliphatic hydroxyl groups excluding tert-OH is 1. The van der Waals surface area contributed by atoms with Crippen LogP contribution in [0.5, 0.6) is 0 Å². The van der Waals surface area contributed by atoms with Crippen molar-refractivity contribution in [1.82, 2.24) is 15.5 Å². The largest absolute Gasteiger partial charge is 0.390 e. The molecule has 2 N–H and O–H groups in total. The molecule has 5 nitrogen and oxygen atoms in total. The summed E-state index contributed by atoms with van der Waals surface area (Å²) in [4.78, 5) is 12.3. The van der Waals surface area contributed by atoms with Crippen molar-refractivity contribution < 1.29 is 9.90 Å². The van der Waals surface area contributed by atoms with E-state index in [9.17, 15) is 9.90 Å². The molecule has 1 amide bonds. The van der Waals surface area contributed by atoms with Crippen LogP contribution in [0.25, 0.3) is 0 Å². The molecule has 0 radical (unpaired) electrons. The maximum Gasteiger partial charge on any atom is 0.255 e. The first-order chi connectivity index (χ1) is 10.1. The topological polar surface area (TPSA) is 75.1 Å². The maximum atomic E-state index is 12.3. The summed E-state index contributed by atoms with van der Waals surface area (Å²) >= 11 is 11.6. The molecule has 0 unspecified atom stereocenters. The summed E-state index contributed by atoms with van der Waals surface area (Å²) in [6.45, 7) is 0. The molecule has 1 aliphatic rings. The summed E-state index contributed by atoms with van der Waals surface area (Å²) < 4.78 is 0. The highest BCUT2D eigenvalue weighted by atomic mass is 35.5. The first kappa shape index (κ1) is 14.3. The van der Waals surface area contributed by atoms with Crippen molar-refractivity contribution in [3.8, 4) is 0 Å². The van der Waals surface area contributed by atoms with E-state index in [-0.39, 0.29) is 15.9 Å². The van der Waals surface area contributed by atoms with Crippen molar-refractivity contribution in [3.63, 3.8) is 0 Å². The van der Waals surface area contributed by atoms with Gasteiger partial charge < -0.3 is 10.4 Å². The number of aromatic nitrogens is 2. The number of carbonyl (C=O) groups excluding carboxylic acids is 1. The summed E-state index contributed by atoms with van der Waals surface area (Å²) in [5.41, 5.74) is 2.06. The number of halogens is 2. The van der Waals surface area contributed by atoms with Crippen molar-refractivity contribution in [2.24, 2.45) is 0 Å². The molecule has 2 aromatic rings. The molecule has 21 heavy (non-hydrogen) atoms. The number of fused-ring (bicyclic) bond motifs is 1. The van der Waals surface area contributed by atoms with Gasteiger partial charge in [-0.1, -0.05) is 47.5 Å². The average molecular weight is 324 g/mol. The highest BCUT2D eigenvalue weighted by Crippen LogP contribution is 2.31. The zero-order valence-electron chi connectivity index (χ0n) is 10.8. The lowest BCUT2D eigenvalue weighted by molar-refractivity contribution is 0.0858. The molecule has 0 aliphatic heterocycles. The van der Waals surface area contributed by atoms with Crippen molar-refractivity contribution in [2.45, 2.75) is 18.6 Å². The van der Waals surface area contributed by atoms with Gasteiger partial charge in [0.25, 0.3) is 5.91 Å². The number of nitrogens with zero attached hydrogens (tertiary/aromatic N) is 2. The summed E-state index contributed by atoms with van der Waals surface area (Å²) in [7, 11) is 0. The standard InChI is InChI=1S/C14H11Cl2N3O2/c15-11-6-9(13(16)19-18-11)14(21)17-12-8-4-2-1-3-7(8)5-10(12)20/h1-4,6,10,12,20H,5H2,(H,17,21)/t10-,12+/m1/s1. The van der Waals surface area contributed by atoms with Gasteiger partial charge >= 0.3 is 0 Å². The zero-order chi connectivity index (χ0) is 15.0. The SMILES string of the molecule is O=C(N[C@H]1c2ccccc2C[C@H]1O)c1cc(Cl)nnc1Cl. The second-order valence-electron chi connectivity index (χ2n) is 4.79. The maximum absolute atomic E-state index is 12.3. The average Bonchev–Trinajstić information content (AvgIpc) is 2.78. The molecule has 0 fully saturated rings. The van der Waals surface area contributed by atoms with E-state index in [0.717, 1.165) is 11.1 Å². The number of aliphatic hydroxyl groups is 1. The number of rotatable bonds is 2. The van der Waals surface area contributed by atoms with E-state index in [1.807, 2.05) is 24.3 Å². The summed E-state index contributed by atoms with van der Waals surface area (Å²) in [6.07, 6.45) is -0.167. The van der Waals surface area contributed by atoms with Gasteiger partial charge in [-0.3, -0.25) is 4.79 Å². The van der Waals surface area contributed by atoms with Crippen LogP contribution in [0.3, 0.4) is 0 Å². The van der Waals surface area contributed by atoms with Crippen molar-refractivity contribution in [1.29, 1.82) is 0 Å². The number of amides is 1. The summed E-state index contributed by atoms with van der Waals surface area (Å²) in [5.74, 6) is -0.447. The van der Waals surface area contributed by atoms with Gasteiger partial charge in [0, 0.05) is 6.42 Å². The van der Waals surface area contributed by atoms with Crippen LogP contribution in [-0.4, -0.2) is 27.3 Å². The fourth-order valence-corrected chi connectivity index (χ4v) is 2.80. The first-order valence-corrected chi connectivity index (χ1v) is 7.07. The predicted octanol–water partition coefficient (Wildman–Crippen LogP) is 2.17. The van der Waals surface area contributed by atoms with Crippen LogP contribution in [0, 0.1) is 0 Å². The fraction of sp³-hybridized carbons (Fsp3) is 0.214. The van der Waals surface area contributed by atoms with Gasteiger partial charge in [-0.25, -0.2) is 0 Å². The number of carbonyl (C=O) groups is 1. The Morgan fingerprint density at radius 3 is 2.86 bits per heavy atom. The Hall–Kier alpha value is -1.69. The van der Waals surface area contributed by atoms with E-state index < -0.39 is 18.1 Å². The Kier molecular flexibility index (Phi) is 3.80. The Morgan fingerprint density at radius 1 is 1.29 bits per heavy atom. The molecule has 3 rings (SSSR count). The lowest BCUT2D eigenvalue weighted by atomic mass is 10.1. The van der Waals surface area contributed by atoms with Crippen LogP contribution in [0.1, 0.15) is 27.5 Å². The van der Waals surface area contributed by atoms with Gasteiger partial charge in [0.15, 0.2) is 10.3 Å². The van der Waals surface area contributed by atoms with E-state index in [1.54, 1.807) is 0 Å². The smallest absolute Gasteiger partial charge is 0.255 e. The van der Waals surface area contributed by atoms with Gasteiger partial charge in [-0.2, -0.15) is 0 Å². The number of hydrogen-bond acceptors (Lipinski definition) is 4. The van der Waals surface area contributed by atoms with Crippen molar-refractivity contribution in [2.75, 3.05) is 0 Å². The third-order valence-corrected chi connectivity index (χ3v) is 3.92. The normalized spacial score (nSPS) is 20.1. The van der Waals surface area contributed by atoms with Crippen LogP contribution < -0.4 is 5.32 Å². The number of nitrogens with one attached hydrogen (secondary N) is 1. The molecule has 0 saturated carbocycles. The minimum atomic E-state index is -0.671. The van der Waals surface area contributed by atoms with E-state index in [0.29, 0.717) is 6.42 Å². The fourth-order valence-electron chi connectivity index (χ4n) is 2.48. The molecule has 0 spiro atoms. The third-order valence-electron chi connectivity index (χ3n) is 3.45. The van der Waals surface area contributed by atoms with E-state index >= 15 is 0 Å². The lowest BCUT2D eigenvalue weighted by Gasteiger charge is -2.18. The van der Waals surface area contributed by atoms with Crippen LogP contribution in [0.15, 0.2) is 30.3 Å². The van der Waals surface area contributed by atoms with Crippen molar-refractivity contribution >= 4 is 29.1 Å². The van der Waals surface area contributed by atoms with E-state index in [2.05, 4.69) is 15.5 Å². The summed E-state index contributed by atoms with van der Waals surface area (Å²) in [6, 6.07) is 8.46. The molecular weight excluding hydrogens is 313 g/mol. The van der Waals surface area contributed by atoms with Gasteiger partial charge in [-0.15, -0.1) is 10.2 Å². The van der Waals surface area contributed by atoms with Crippen LogP contribution in [0.4, 0.5) is 0 Å². The second kappa shape index (κ2) is 5.60. The lowest BCUT2D eigenvalue weighted by Crippen LogP contribution is -2.34. The van der Waals surface area contributed by atoms with Gasteiger partial charge in [0.2, 0.25) is 0 Å². The van der Waals surface area contributed by atoms with Crippen LogP contribution >= 0.6 is 23.2 Å². The van der Waals surface area contributed by atoms with Gasteiger partial charge in [0.1, 0.15) is 0 Å². The molecule has 7 heteroatoms. The Balaban J connectivity index is 1.87. The third kappa shape index (κ3) is 2.72. The first-order valence-electron chi connectivity index (χ1n) is 6.31. The van der Waals surface area contributed by atoms with E-state index in [1.165, 1.54) is 6.07 Å². The zero-order valence-corrected chi connectivity index (χ0v) is 12.3. The molecule has 0 saturated heterocycles. The summed E-state index contributed by atoms with van der Waals surface area (Å²) in [5, 5.41) is 20.1. The Bertz CT molecular complexity index is 708. The minimum Gasteiger partial charge on any atom is -0.390 e. The highest BCUT2D eigenvalue weighted by molar-refractivity contribution is 6.34. The van der Waals surface area contributed by atoms with Crippen LogP contribution in [0.2, 0.25) is 10.3 Å². The number of hydrogen-bond donors (Lipinski definition) is 2. The molecule has 108 valence electrons. The van der Waals surface area contributed by atoms with Crippen LogP contribution in [-0.2, 0) is 6.42 Å². The van der Waals surface area contributed by atoms with E-state index in [4.69, 9.17) is 23.2 Å². The number of benzene rings is 1. The van der Waals surface area contributed by atoms with Crippen molar-refractivity contribution in [3.05, 3.63) is 57.3 Å². The Morgan fingerprint density at radius 2 is 2.05 bits per heavy atom. The second-order valence-corrected chi connectivity index (χ2v) is 5.54. The molecule has 0 bridgehead atoms. The molecule has 1 heterocycles. The molecule has 1 aromatic carbocycles. The monoisotopic (exact) mass is 323 g/mol. The highest BCUT2D eigenvalue weighted by Gasteiger charge is 2.32. The van der Waals surface area contributed by atoms with Gasteiger partial charge in [0.05, 0.1) is 17.7 Å². The molecule has 1 aromatic heterocycles. The molecule has 1 aliphatic carbocycles. The minimum absolute atomic E-state index is 0.0299. The quantitative estimate of drug-likeness (QED) is 0.888. The molecular formula is C14H11Cl2N3O2.